The molecule has 3 aromatic carbocycles. The molecule has 0 bridgehead atoms. The molecule has 0 spiro atoms. The number of carbonyl (C=O) groups is 2. The van der Waals surface area contributed by atoms with E-state index in [0.29, 0.717) is 22.3 Å². The van der Waals surface area contributed by atoms with Crippen LogP contribution in [-0.4, -0.2) is 34.0 Å². The van der Waals surface area contributed by atoms with Crippen molar-refractivity contribution in [2.24, 2.45) is 0 Å². The lowest BCUT2D eigenvalue weighted by Crippen LogP contribution is -2.36. The molecule has 0 saturated heterocycles. The van der Waals surface area contributed by atoms with E-state index >= 15 is 0 Å². The van der Waals surface area contributed by atoms with Crippen molar-refractivity contribution in [1.29, 1.82) is 0 Å². The number of carboxylic acid groups (broad SMARTS) is 1. The molecule has 4 rings (SSSR count). The number of halogens is 3. The number of hydrogen-bond acceptors (Lipinski definition) is 3. The highest BCUT2D eigenvalue weighted by Gasteiger charge is 2.35. The van der Waals surface area contributed by atoms with Gasteiger partial charge in [0.05, 0.1) is 6.42 Å². The van der Waals surface area contributed by atoms with Crippen molar-refractivity contribution in [2.75, 3.05) is 6.54 Å². The van der Waals surface area contributed by atoms with Gasteiger partial charge in [0, 0.05) is 34.4 Å². The molecule has 0 aliphatic carbocycles. The highest BCUT2D eigenvalue weighted by atomic mass is 79.9. The van der Waals surface area contributed by atoms with Gasteiger partial charge < -0.3 is 14.7 Å². The zero-order chi connectivity index (χ0) is 25.2. The largest absolute Gasteiger partial charge is 0.487 e. The first-order chi connectivity index (χ1) is 16.6. The summed E-state index contributed by atoms with van der Waals surface area (Å²) < 4.78 is 21.1. The number of carbonyl (C=O) groups excluding carboxylic acids is 1. The molecule has 0 fully saturated rings. The molecule has 0 radical (unpaired) electrons. The van der Waals surface area contributed by atoms with Crippen LogP contribution in [0.2, 0.25) is 5.02 Å². The number of carboxylic acids is 1. The van der Waals surface area contributed by atoms with Gasteiger partial charge in [-0.25, -0.2) is 4.39 Å². The normalized spacial score (nSPS) is 16.5. The molecule has 1 heterocycles. The molecule has 35 heavy (non-hydrogen) atoms. The van der Waals surface area contributed by atoms with Gasteiger partial charge in [-0.3, -0.25) is 9.59 Å². The molecule has 1 atom stereocenters. The Morgan fingerprint density at radius 1 is 1.11 bits per heavy atom. The lowest BCUT2D eigenvalue weighted by molar-refractivity contribution is -0.144. The van der Waals surface area contributed by atoms with Crippen LogP contribution >= 0.6 is 27.5 Å². The number of rotatable bonds is 8. The first kappa shape index (κ1) is 25.2. The van der Waals surface area contributed by atoms with Gasteiger partial charge in [-0.2, -0.15) is 0 Å². The zero-order valence-corrected chi connectivity index (χ0v) is 21.4. The summed E-state index contributed by atoms with van der Waals surface area (Å²) in [6.07, 6.45) is 1.39. The molecule has 1 aliphatic heterocycles. The van der Waals surface area contributed by atoms with Crippen LogP contribution in [0.5, 0.6) is 5.75 Å². The number of amides is 1. The molecule has 5 nitrogen and oxygen atoms in total. The topological polar surface area (TPSA) is 66.8 Å². The monoisotopic (exact) mass is 559 g/mol. The van der Waals surface area contributed by atoms with Crippen molar-refractivity contribution in [3.63, 3.8) is 0 Å². The van der Waals surface area contributed by atoms with Crippen LogP contribution in [-0.2, 0) is 35.4 Å². The Morgan fingerprint density at radius 3 is 2.51 bits per heavy atom. The van der Waals surface area contributed by atoms with Crippen LogP contribution < -0.4 is 4.74 Å². The minimum atomic E-state index is -1.16. The molecule has 3 aromatic rings. The molecule has 1 aliphatic rings. The van der Waals surface area contributed by atoms with Gasteiger partial charge in [0.1, 0.15) is 23.7 Å². The van der Waals surface area contributed by atoms with Gasteiger partial charge in [0.25, 0.3) is 0 Å². The average Bonchev–Trinajstić information content (AvgIpc) is 3.11. The van der Waals surface area contributed by atoms with Crippen molar-refractivity contribution in [3.05, 3.63) is 98.2 Å². The molecule has 8 heteroatoms. The minimum absolute atomic E-state index is 0.00655. The van der Waals surface area contributed by atoms with E-state index in [4.69, 9.17) is 16.3 Å². The summed E-state index contributed by atoms with van der Waals surface area (Å²) >= 11 is 9.19. The molecular formula is C27H24BrClFNO4. The second-order valence-electron chi connectivity index (χ2n) is 9.03. The SMILES string of the molecule is C[C@]1(Cc2ccc(Cl)cc2)Cc2cc(CC(=O)N(CC(=O)O)Cc3ccc(Br)cc3F)ccc2O1. The second-order valence-corrected chi connectivity index (χ2v) is 10.4. The smallest absolute Gasteiger partial charge is 0.323 e. The molecule has 0 aromatic heterocycles. The van der Waals surface area contributed by atoms with Crippen LogP contribution in [0.4, 0.5) is 4.39 Å². The standard InChI is InChI=1S/C27H24BrClFNO4/c1-27(13-17-2-7-22(29)8-3-17)14-20-10-18(4-9-24(20)35-27)11-25(32)31(16-26(33)34)15-19-5-6-21(28)12-23(19)30/h2-10,12H,11,13-16H2,1H3,(H,33,34)/t27-/m0/s1. The summed E-state index contributed by atoms with van der Waals surface area (Å²) in [6.45, 7) is 1.41. The Labute approximate surface area is 216 Å². The fraction of sp³-hybridized carbons (Fsp3) is 0.259. The van der Waals surface area contributed by atoms with Crippen molar-refractivity contribution < 1.29 is 23.8 Å². The van der Waals surface area contributed by atoms with Crippen molar-refractivity contribution >= 4 is 39.4 Å². The highest BCUT2D eigenvalue weighted by molar-refractivity contribution is 9.10. The van der Waals surface area contributed by atoms with E-state index in [-0.39, 0.29) is 18.5 Å². The van der Waals surface area contributed by atoms with Crippen LogP contribution in [0.25, 0.3) is 0 Å². The Balaban J connectivity index is 1.46. The van der Waals surface area contributed by atoms with E-state index in [2.05, 4.69) is 15.9 Å². The highest BCUT2D eigenvalue weighted by Crippen LogP contribution is 2.37. The summed E-state index contributed by atoms with van der Waals surface area (Å²) in [4.78, 5) is 25.5. The van der Waals surface area contributed by atoms with E-state index in [1.54, 1.807) is 6.07 Å². The summed E-state index contributed by atoms with van der Waals surface area (Å²) in [7, 11) is 0. The Bertz CT molecular complexity index is 1270. The van der Waals surface area contributed by atoms with E-state index in [1.807, 2.05) is 49.4 Å². The predicted molar refractivity (Wildman–Crippen MR) is 135 cm³/mol. The van der Waals surface area contributed by atoms with E-state index in [9.17, 15) is 19.1 Å². The zero-order valence-electron chi connectivity index (χ0n) is 19.1. The van der Waals surface area contributed by atoms with Crippen LogP contribution in [0.1, 0.15) is 29.2 Å². The molecule has 0 unspecified atom stereocenters. The maximum atomic E-state index is 14.3. The van der Waals surface area contributed by atoms with Crippen LogP contribution in [0.15, 0.2) is 65.1 Å². The van der Waals surface area contributed by atoms with Gasteiger partial charge in [-0.1, -0.05) is 57.9 Å². The molecule has 182 valence electrons. The number of hydrogen-bond donors (Lipinski definition) is 1. The lowest BCUT2D eigenvalue weighted by Gasteiger charge is -2.24. The summed E-state index contributed by atoms with van der Waals surface area (Å²) in [6, 6.07) is 17.7. The summed E-state index contributed by atoms with van der Waals surface area (Å²) in [5, 5.41) is 9.98. The molecule has 1 N–H and O–H groups in total. The Hall–Kier alpha value is -2.90. The maximum Gasteiger partial charge on any atom is 0.323 e. The first-order valence-corrected chi connectivity index (χ1v) is 12.3. The van der Waals surface area contributed by atoms with Crippen LogP contribution in [0, 0.1) is 5.82 Å². The van der Waals surface area contributed by atoms with Crippen molar-refractivity contribution in [1.82, 2.24) is 4.90 Å². The first-order valence-electron chi connectivity index (χ1n) is 11.1. The summed E-state index contributed by atoms with van der Waals surface area (Å²) in [5.74, 6) is -1.28. The van der Waals surface area contributed by atoms with Crippen molar-refractivity contribution in [2.45, 2.75) is 38.3 Å². The number of nitrogens with zero attached hydrogens (tertiary/aromatic N) is 1. The van der Waals surface area contributed by atoms with Gasteiger partial charge in [0.15, 0.2) is 0 Å². The third-order valence-corrected chi connectivity index (χ3v) is 6.69. The molecule has 0 saturated carbocycles. The van der Waals surface area contributed by atoms with Crippen LogP contribution in [0.3, 0.4) is 0 Å². The maximum absolute atomic E-state index is 14.3. The number of benzene rings is 3. The second kappa shape index (κ2) is 10.4. The fourth-order valence-corrected chi connectivity index (χ4v) is 4.81. The minimum Gasteiger partial charge on any atom is -0.487 e. The van der Waals surface area contributed by atoms with Gasteiger partial charge in [-0.15, -0.1) is 0 Å². The third kappa shape index (κ3) is 6.41. The van der Waals surface area contributed by atoms with E-state index in [0.717, 1.165) is 27.3 Å². The van der Waals surface area contributed by atoms with Crippen molar-refractivity contribution in [3.8, 4) is 5.75 Å². The number of ether oxygens (including phenoxy) is 1. The summed E-state index contributed by atoms with van der Waals surface area (Å²) in [5.41, 5.74) is 2.69. The quantitative estimate of drug-likeness (QED) is 0.376. The van der Waals surface area contributed by atoms with Gasteiger partial charge in [-0.05, 0) is 53.9 Å². The van der Waals surface area contributed by atoms with Gasteiger partial charge in [0.2, 0.25) is 5.91 Å². The molecular weight excluding hydrogens is 537 g/mol. The average molecular weight is 561 g/mol. The van der Waals surface area contributed by atoms with Gasteiger partial charge >= 0.3 is 5.97 Å². The third-order valence-electron chi connectivity index (χ3n) is 5.95. The fourth-order valence-electron chi connectivity index (χ4n) is 4.36. The Kier molecular flexibility index (Phi) is 7.47. The Morgan fingerprint density at radius 2 is 1.83 bits per heavy atom. The molecule has 1 amide bonds. The van der Waals surface area contributed by atoms with E-state index in [1.165, 1.54) is 12.1 Å². The number of aliphatic carboxylic acids is 1. The predicted octanol–water partition coefficient (Wildman–Crippen LogP) is 5.83. The number of fused-ring (bicyclic) bond motifs is 1. The lowest BCUT2D eigenvalue weighted by atomic mass is 9.91. The van der Waals surface area contributed by atoms with E-state index < -0.39 is 29.8 Å².